The van der Waals surface area contributed by atoms with Gasteiger partial charge in [-0.05, 0) is 38.8 Å². The maximum absolute atomic E-state index is 12.5. The van der Waals surface area contributed by atoms with Crippen LogP contribution in [0, 0.1) is 6.92 Å². The van der Waals surface area contributed by atoms with Gasteiger partial charge in [-0.1, -0.05) is 17.7 Å². The van der Waals surface area contributed by atoms with Crippen LogP contribution in [0.1, 0.15) is 35.8 Å². The molecular formula is C19H24N4O5S2. The average molecular weight is 453 g/mol. The lowest BCUT2D eigenvalue weighted by atomic mass is 10.1. The van der Waals surface area contributed by atoms with Crippen molar-refractivity contribution in [2.24, 2.45) is 0 Å². The van der Waals surface area contributed by atoms with Gasteiger partial charge in [0.2, 0.25) is 0 Å². The molecule has 2 N–H and O–H groups in total. The summed E-state index contributed by atoms with van der Waals surface area (Å²) >= 11 is 1.04. The fourth-order valence-electron chi connectivity index (χ4n) is 3.00. The van der Waals surface area contributed by atoms with Crippen LogP contribution in [0.2, 0.25) is 0 Å². The first-order chi connectivity index (χ1) is 14.3. The van der Waals surface area contributed by atoms with Gasteiger partial charge in [0.1, 0.15) is 5.69 Å². The Labute approximate surface area is 179 Å². The van der Waals surface area contributed by atoms with Crippen LogP contribution in [0.15, 0.2) is 34.5 Å². The van der Waals surface area contributed by atoms with Gasteiger partial charge < -0.3 is 15.0 Å². The number of anilines is 1. The van der Waals surface area contributed by atoms with Gasteiger partial charge in [0.15, 0.2) is 5.13 Å². The summed E-state index contributed by atoms with van der Waals surface area (Å²) in [5, 5.41) is 4.52. The molecule has 1 aromatic heterocycles. The first-order valence-corrected chi connectivity index (χ1v) is 11.9. The Balaban J connectivity index is 1.55. The van der Waals surface area contributed by atoms with E-state index in [1.54, 1.807) is 24.0 Å². The van der Waals surface area contributed by atoms with Gasteiger partial charge in [-0.25, -0.2) is 18.2 Å². The Morgan fingerprint density at radius 2 is 1.90 bits per heavy atom. The molecule has 0 saturated carbocycles. The van der Waals surface area contributed by atoms with Crippen molar-refractivity contribution in [2.75, 3.05) is 24.4 Å². The lowest BCUT2D eigenvalue weighted by molar-refractivity contribution is 0.0857. The number of nitrogens with one attached hydrogen (secondary N) is 2. The van der Waals surface area contributed by atoms with Crippen LogP contribution in [0.3, 0.4) is 0 Å². The van der Waals surface area contributed by atoms with Crippen molar-refractivity contribution in [3.8, 4) is 0 Å². The van der Waals surface area contributed by atoms with Crippen LogP contribution in [0.25, 0.3) is 0 Å². The Morgan fingerprint density at radius 3 is 2.53 bits per heavy atom. The third-order valence-electron chi connectivity index (χ3n) is 4.65. The molecule has 0 aliphatic carbocycles. The van der Waals surface area contributed by atoms with Crippen LogP contribution < -0.4 is 10.0 Å². The lowest BCUT2D eigenvalue weighted by Crippen LogP contribution is -2.46. The third kappa shape index (κ3) is 5.48. The van der Waals surface area contributed by atoms with Crippen molar-refractivity contribution in [1.29, 1.82) is 0 Å². The zero-order valence-corrected chi connectivity index (χ0v) is 18.4. The number of sulfonamides is 1. The molecule has 0 unspecified atom stereocenters. The Morgan fingerprint density at radius 1 is 1.23 bits per heavy atom. The van der Waals surface area contributed by atoms with Crippen molar-refractivity contribution < 1.29 is 22.7 Å². The van der Waals surface area contributed by atoms with E-state index >= 15 is 0 Å². The van der Waals surface area contributed by atoms with Crippen LogP contribution in [-0.4, -0.2) is 56.0 Å². The van der Waals surface area contributed by atoms with E-state index < -0.39 is 10.0 Å². The van der Waals surface area contributed by atoms with Gasteiger partial charge in [0.25, 0.3) is 15.9 Å². The number of hydrogen-bond acceptors (Lipinski definition) is 7. The summed E-state index contributed by atoms with van der Waals surface area (Å²) < 4.78 is 32.3. The van der Waals surface area contributed by atoms with E-state index in [0.717, 1.165) is 16.9 Å². The van der Waals surface area contributed by atoms with Crippen molar-refractivity contribution in [2.45, 2.75) is 37.6 Å². The van der Waals surface area contributed by atoms with Gasteiger partial charge in [-0.3, -0.25) is 9.52 Å². The Hall–Kier alpha value is -2.66. The van der Waals surface area contributed by atoms with E-state index in [0.29, 0.717) is 32.5 Å². The number of rotatable bonds is 6. The molecule has 11 heteroatoms. The van der Waals surface area contributed by atoms with E-state index in [4.69, 9.17) is 4.74 Å². The Bertz CT molecular complexity index is 996. The van der Waals surface area contributed by atoms with E-state index in [1.807, 2.05) is 6.92 Å². The zero-order valence-electron chi connectivity index (χ0n) is 16.8. The number of nitrogens with zero attached hydrogens (tertiary/aromatic N) is 2. The molecule has 30 heavy (non-hydrogen) atoms. The molecule has 2 amide bonds. The molecule has 1 aliphatic rings. The number of carbonyl (C=O) groups is 2. The summed E-state index contributed by atoms with van der Waals surface area (Å²) in [6.45, 7) is 4.96. The summed E-state index contributed by atoms with van der Waals surface area (Å²) in [5.74, 6) is -0.374. The maximum atomic E-state index is 12.5. The van der Waals surface area contributed by atoms with Crippen molar-refractivity contribution >= 4 is 38.5 Å². The minimum absolute atomic E-state index is 0.0856. The quantitative estimate of drug-likeness (QED) is 0.696. The highest BCUT2D eigenvalue weighted by Gasteiger charge is 2.25. The topological polar surface area (TPSA) is 118 Å². The summed E-state index contributed by atoms with van der Waals surface area (Å²) in [4.78, 5) is 30.1. The van der Waals surface area contributed by atoms with Gasteiger partial charge in [0.05, 0.1) is 11.5 Å². The molecule has 1 fully saturated rings. The second-order valence-corrected chi connectivity index (χ2v) is 9.43. The van der Waals surface area contributed by atoms with Crippen LogP contribution in [0.4, 0.5) is 9.93 Å². The second-order valence-electron chi connectivity index (χ2n) is 6.89. The van der Waals surface area contributed by atoms with E-state index in [1.165, 1.54) is 17.5 Å². The minimum Gasteiger partial charge on any atom is -0.450 e. The SMILES string of the molecule is CCOC(=O)N1CCC(NC(=O)c2csc(NS(=O)(=O)c3ccc(C)cc3)n2)CC1. The number of thiazole rings is 1. The number of carbonyl (C=O) groups excluding carboxylic acids is 2. The molecule has 1 aliphatic heterocycles. The highest BCUT2D eigenvalue weighted by Crippen LogP contribution is 2.21. The van der Waals surface area contributed by atoms with Crippen LogP contribution in [-0.2, 0) is 14.8 Å². The van der Waals surface area contributed by atoms with E-state index in [9.17, 15) is 18.0 Å². The third-order valence-corrected chi connectivity index (χ3v) is 6.89. The van der Waals surface area contributed by atoms with Crippen molar-refractivity contribution in [3.05, 3.63) is 40.9 Å². The monoisotopic (exact) mass is 452 g/mol. The molecule has 1 aromatic carbocycles. The fourth-order valence-corrected chi connectivity index (χ4v) is 4.94. The first-order valence-electron chi connectivity index (χ1n) is 9.56. The van der Waals surface area contributed by atoms with Crippen LogP contribution in [0.5, 0.6) is 0 Å². The van der Waals surface area contributed by atoms with Crippen molar-refractivity contribution in [1.82, 2.24) is 15.2 Å². The van der Waals surface area contributed by atoms with E-state index in [-0.39, 0.29) is 33.8 Å². The maximum Gasteiger partial charge on any atom is 0.409 e. The molecule has 0 spiro atoms. The molecule has 0 bridgehead atoms. The van der Waals surface area contributed by atoms with Crippen LogP contribution >= 0.6 is 11.3 Å². The molecule has 162 valence electrons. The standard InChI is InChI=1S/C19H24N4O5S2/c1-3-28-19(25)23-10-8-14(9-11-23)20-17(24)16-12-29-18(21-16)22-30(26,27)15-6-4-13(2)5-7-15/h4-7,12,14H,3,8-11H2,1-2H3,(H,20,24)(H,21,22). The fraction of sp³-hybridized carbons (Fsp3) is 0.421. The summed E-state index contributed by atoms with van der Waals surface area (Å²) in [6.07, 6.45) is 0.885. The highest BCUT2D eigenvalue weighted by molar-refractivity contribution is 7.93. The number of ether oxygens (including phenoxy) is 1. The summed E-state index contributed by atoms with van der Waals surface area (Å²) in [5.41, 5.74) is 1.10. The molecule has 1 saturated heterocycles. The largest absolute Gasteiger partial charge is 0.450 e. The van der Waals surface area contributed by atoms with Crippen molar-refractivity contribution in [3.63, 3.8) is 0 Å². The summed E-state index contributed by atoms with van der Waals surface area (Å²) in [7, 11) is -3.77. The predicted octanol–water partition coefficient (Wildman–Crippen LogP) is 2.60. The second kappa shape index (κ2) is 9.43. The molecular weight excluding hydrogens is 428 g/mol. The zero-order chi connectivity index (χ0) is 21.7. The highest BCUT2D eigenvalue weighted by atomic mass is 32.2. The van der Waals surface area contributed by atoms with Gasteiger partial charge >= 0.3 is 6.09 Å². The molecule has 0 atom stereocenters. The van der Waals surface area contributed by atoms with E-state index in [2.05, 4.69) is 15.0 Å². The van der Waals surface area contributed by atoms with Gasteiger partial charge in [-0.2, -0.15) is 0 Å². The molecule has 0 radical (unpaired) electrons. The molecule has 9 nitrogen and oxygen atoms in total. The smallest absolute Gasteiger partial charge is 0.409 e. The first kappa shape index (κ1) is 22.0. The average Bonchev–Trinajstić information content (AvgIpc) is 3.17. The number of hydrogen-bond donors (Lipinski definition) is 2. The Kier molecular flexibility index (Phi) is 6.93. The number of likely N-dealkylation sites (tertiary alicyclic amines) is 1. The molecule has 2 aromatic rings. The number of piperidine rings is 1. The predicted molar refractivity (Wildman–Crippen MR) is 113 cm³/mol. The normalized spacial score (nSPS) is 14.9. The van der Waals surface area contributed by atoms with Gasteiger partial charge in [-0.15, -0.1) is 11.3 Å². The van der Waals surface area contributed by atoms with Gasteiger partial charge in [0, 0.05) is 24.5 Å². The number of aromatic nitrogens is 1. The number of amides is 2. The molecule has 2 heterocycles. The molecule has 3 rings (SSSR count). The summed E-state index contributed by atoms with van der Waals surface area (Å²) in [6, 6.07) is 6.37. The number of aryl methyl sites for hydroxylation is 1. The minimum atomic E-state index is -3.77. The lowest BCUT2D eigenvalue weighted by Gasteiger charge is -2.31. The number of benzene rings is 1.